The lowest BCUT2D eigenvalue weighted by molar-refractivity contribution is 0.245. The van der Waals surface area contributed by atoms with E-state index in [9.17, 15) is 0 Å². The molecule has 1 atom stereocenters. The van der Waals surface area contributed by atoms with Crippen LogP contribution in [0.5, 0.6) is 5.75 Å². The van der Waals surface area contributed by atoms with Gasteiger partial charge in [0.1, 0.15) is 29.3 Å². The van der Waals surface area contributed by atoms with Gasteiger partial charge in [0.15, 0.2) is 0 Å². The van der Waals surface area contributed by atoms with Gasteiger partial charge in [-0.15, -0.1) is 11.3 Å². The summed E-state index contributed by atoms with van der Waals surface area (Å²) in [6, 6.07) is 11.5. The zero-order chi connectivity index (χ0) is 22.5. The normalized spacial score (nSPS) is 15.0. The smallest absolute Gasteiger partial charge is 0.289 e. The Morgan fingerprint density at radius 2 is 2.12 bits per heavy atom. The van der Waals surface area contributed by atoms with Crippen molar-refractivity contribution in [3.8, 4) is 5.75 Å². The maximum atomic E-state index is 8.60. The zero-order valence-electron chi connectivity index (χ0n) is 17.6. The third-order valence-electron chi connectivity index (χ3n) is 4.65. The summed E-state index contributed by atoms with van der Waals surface area (Å²) in [5.74, 6) is 0.779. The second-order valence-electron chi connectivity index (χ2n) is 7.07. The number of thiazole rings is 1. The molecule has 166 valence electrons. The van der Waals surface area contributed by atoms with E-state index in [1.165, 1.54) is 11.3 Å². The molecule has 1 aliphatic rings. The number of hydrogen-bond donors (Lipinski definition) is 4. The van der Waals surface area contributed by atoms with Crippen molar-refractivity contribution in [3.63, 3.8) is 0 Å². The predicted molar refractivity (Wildman–Crippen MR) is 131 cm³/mol. The van der Waals surface area contributed by atoms with Crippen LogP contribution in [0.4, 0.5) is 17.1 Å². The Labute approximate surface area is 195 Å². The Morgan fingerprint density at radius 1 is 1.28 bits per heavy atom. The fourth-order valence-electron chi connectivity index (χ4n) is 3.09. The minimum Gasteiger partial charge on any atom is -0.485 e. The molecule has 0 fully saturated rings. The van der Waals surface area contributed by atoms with Gasteiger partial charge in [-0.05, 0) is 43.3 Å². The number of amidine groups is 2. The van der Waals surface area contributed by atoms with Crippen LogP contribution in [-0.2, 0) is 11.3 Å². The van der Waals surface area contributed by atoms with Gasteiger partial charge in [-0.2, -0.15) is 0 Å². The minimum atomic E-state index is 0.0618. The molecule has 1 aliphatic heterocycles. The number of aliphatic imine (C=N–C) groups is 1. The molecule has 10 heteroatoms. The highest BCUT2D eigenvalue weighted by molar-refractivity contribution is 7.09. The Kier molecular flexibility index (Phi) is 6.77. The standard InChI is InChI=1S/C22H23ClN6O2S/c1-13-11-27-22(31-13)29-14-3-5-18(25-2)16(9-14)21(24)28-15-4-6-19(17(23)10-15)30-12-20-26-7-8-32-20/h3-10,13,25H,11-12H2,1-2H3,(H2,24,28)(H,27,29). The zero-order valence-corrected chi connectivity index (χ0v) is 19.2. The molecule has 0 amide bonds. The first-order valence-corrected chi connectivity index (χ1v) is 11.2. The summed E-state index contributed by atoms with van der Waals surface area (Å²) < 4.78 is 11.4. The lowest BCUT2D eigenvalue weighted by Gasteiger charge is -2.16. The molecular weight excluding hydrogens is 448 g/mol. The fourth-order valence-corrected chi connectivity index (χ4v) is 3.85. The largest absolute Gasteiger partial charge is 0.485 e. The molecule has 0 bridgehead atoms. The quantitative estimate of drug-likeness (QED) is 0.285. The van der Waals surface area contributed by atoms with E-state index in [0.29, 0.717) is 41.2 Å². The Balaban J connectivity index is 1.45. The van der Waals surface area contributed by atoms with Gasteiger partial charge in [0.2, 0.25) is 0 Å². The van der Waals surface area contributed by atoms with E-state index in [-0.39, 0.29) is 11.9 Å². The van der Waals surface area contributed by atoms with Crippen molar-refractivity contribution in [1.29, 1.82) is 5.41 Å². The second kappa shape index (κ2) is 9.88. The summed E-state index contributed by atoms with van der Waals surface area (Å²) in [7, 11) is 1.82. The predicted octanol–water partition coefficient (Wildman–Crippen LogP) is 5.04. The van der Waals surface area contributed by atoms with Crippen LogP contribution in [0.25, 0.3) is 0 Å². The van der Waals surface area contributed by atoms with Gasteiger partial charge < -0.3 is 25.4 Å². The average molecular weight is 471 g/mol. The van der Waals surface area contributed by atoms with E-state index in [1.807, 2.05) is 43.6 Å². The Morgan fingerprint density at radius 3 is 2.81 bits per heavy atom. The van der Waals surface area contributed by atoms with Gasteiger partial charge >= 0.3 is 0 Å². The van der Waals surface area contributed by atoms with Gasteiger partial charge in [0.25, 0.3) is 6.02 Å². The van der Waals surface area contributed by atoms with Crippen LogP contribution in [0.3, 0.4) is 0 Å². The van der Waals surface area contributed by atoms with E-state index in [0.717, 1.165) is 16.4 Å². The van der Waals surface area contributed by atoms with Crippen LogP contribution in [0.2, 0.25) is 5.02 Å². The van der Waals surface area contributed by atoms with Crippen LogP contribution in [0.15, 0.2) is 53.0 Å². The monoisotopic (exact) mass is 470 g/mol. The molecule has 1 unspecified atom stereocenters. The lowest BCUT2D eigenvalue weighted by atomic mass is 10.1. The second-order valence-corrected chi connectivity index (χ2v) is 8.46. The highest BCUT2D eigenvalue weighted by Gasteiger charge is 2.16. The molecule has 0 saturated carbocycles. The summed E-state index contributed by atoms with van der Waals surface area (Å²) >= 11 is 7.91. The van der Waals surface area contributed by atoms with Gasteiger partial charge in [0.05, 0.1) is 11.6 Å². The summed E-state index contributed by atoms with van der Waals surface area (Å²) in [5.41, 5.74) is 2.95. The first kappa shape index (κ1) is 21.9. The van der Waals surface area contributed by atoms with E-state index in [2.05, 4.69) is 25.9 Å². The van der Waals surface area contributed by atoms with Crippen molar-refractivity contribution < 1.29 is 9.47 Å². The number of benzene rings is 2. The van der Waals surface area contributed by atoms with Gasteiger partial charge in [0, 0.05) is 41.3 Å². The summed E-state index contributed by atoms with van der Waals surface area (Å²) in [6.45, 7) is 2.96. The number of anilines is 3. The molecule has 0 aliphatic carbocycles. The van der Waals surface area contributed by atoms with Crippen LogP contribution in [0.1, 0.15) is 17.5 Å². The van der Waals surface area contributed by atoms with Gasteiger partial charge in [-0.3, -0.25) is 5.41 Å². The topological polar surface area (TPSA) is 104 Å². The molecule has 1 aromatic heterocycles. The number of nitrogens with one attached hydrogen (secondary N) is 4. The van der Waals surface area contributed by atoms with Crippen molar-refractivity contribution in [2.75, 3.05) is 29.5 Å². The Bertz CT molecular complexity index is 1140. The van der Waals surface area contributed by atoms with Gasteiger partial charge in [-0.1, -0.05) is 11.6 Å². The molecule has 4 rings (SSSR count). The minimum absolute atomic E-state index is 0.0618. The van der Waals surface area contributed by atoms with Crippen LogP contribution in [0, 0.1) is 5.41 Å². The molecule has 0 radical (unpaired) electrons. The molecule has 3 aromatic rings. The number of ether oxygens (including phenoxy) is 2. The molecule has 0 spiro atoms. The fraction of sp³-hybridized carbons (Fsp3) is 0.227. The van der Waals surface area contributed by atoms with Gasteiger partial charge in [-0.25, -0.2) is 9.98 Å². The molecule has 2 aromatic carbocycles. The van der Waals surface area contributed by atoms with E-state index in [4.69, 9.17) is 26.5 Å². The van der Waals surface area contributed by atoms with E-state index in [1.54, 1.807) is 18.3 Å². The SMILES string of the molecule is CNc1ccc(NC2=NCC(C)O2)cc1C(=N)Nc1ccc(OCc2nccs2)c(Cl)c1. The van der Waals surface area contributed by atoms with Crippen molar-refractivity contribution in [3.05, 3.63) is 63.6 Å². The third-order valence-corrected chi connectivity index (χ3v) is 5.70. The summed E-state index contributed by atoms with van der Waals surface area (Å²) in [6.07, 6.45) is 1.80. The highest BCUT2D eigenvalue weighted by atomic mass is 35.5. The number of nitrogens with zero attached hydrogens (tertiary/aromatic N) is 2. The summed E-state index contributed by atoms with van der Waals surface area (Å²) in [5, 5.41) is 21.2. The highest BCUT2D eigenvalue weighted by Crippen LogP contribution is 2.29. The average Bonchev–Trinajstić information content (AvgIpc) is 3.45. The number of hydrogen-bond acceptors (Lipinski definition) is 8. The van der Waals surface area contributed by atoms with Crippen molar-refractivity contribution in [1.82, 2.24) is 4.98 Å². The van der Waals surface area contributed by atoms with Crippen molar-refractivity contribution in [2.45, 2.75) is 19.6 Å². The molecular formula is C22H23ClN6O2S. The maximum Gasteiger partial charge on any atom is 0.289 e. The Hall–Kier alpha value is -3.30. The maximum absolute atomic E-state index is 8.60. The van der Waals surface area contributed by atoms with Crippen LogP contribution >= 0.6 is 22.9 Å². The molecule has 32 heavy (non-hydrogen) atoms. The molecule has 4 N–H and O–H groups in total. The lowest BCUT2D eigenvalue weighted by Crippen LogP contribution is -2.17. The van der Waals surface area contributed by atoms with Crippen LogP contribution in [-0.4, -0.2) is 36.5 Å². The van der Waals surface area contributed by atoms with E-state index < -0.39 is 0 Å². The van der Waals surface area contributed by atoms with Crippen LogP contribution < -0.4 is 20.7 Å². The third kappa shape index (κ3) is 5.30. The molecule has 0 saturated heterocycles. The molecule has 8 nitrogen and oxygen atoms in total. The number of aromatic nitrogens is 1. The number of rotatable bonds is 7. The van der Waals surface area contributed by atoms with Crippen molar-refractivity contribution >= 4 is 51.9 Å². The number of halogens is 1. The van der Waals surface area contributed by atoms with Crippen molar-refractivity contribution in [2.24, 2.45) is 4.99 Å². The van der Waals surface area contributed by atoms with E-state index >= 15 is 0 Å². The first-order chi connectivity index (χ1) is 15.5. The summed E-state index contributed by atoms with van der Waals surface area (Å²) in [4.78, 5) is 8.51. The first-order valence-electron chi connectivity index (χ1n) is 9.98. The molecule has 2 heterocycles.